The third-order valence-corrected chi connectivity index (χ3v) is 5.22. The van der Waals surface area contributed by atoms with Crippen LogP contribution in [-0.2, 0) is 0 Å². The molecule has 5 rings (SSSR count). The monoisotopic (exact) mass is 397 g/mol. The summed E-state index contributed by atoms with van der Waals surface area (Å²) in [7, 11) is 0. The van der Waals surface area contributed by atoms with Gasteiger partial charge in [-0.3, -0.25) is 4.98 Å². The Morgan fingerprint density at radius 3 is 2.63 bits per heavy atom. The molecule has 1 saturated heterocycles. The van der Waals surface area contributed by atoms with Gasteiger partial charge in [0.15, 0.2) is 17.2 Å². The number of nitrogens with zero attached hydrogens (tertiary/aromatic N) is 9. The minimum Gasteiger partial charge on any atom is -0.367 e. The number of hydrogen-bond donors (Lipinski definition) is 0. The summed E-state index contributed by atoms with van der Waals surface area (Å²) in [6, 6.07) is 13.8. The van der Waals surface area contributed by atoms with Crippen LogP contribution in [0.4, 0.5) is 11.5 Å². The molecule has 0 N–H and O–H groups in total. The zero-order chi connectivity index (χ0) is 20.3. The number of pyridine rings is 2. The topological polar surface area (TPSA) is 99.1 Å². The van der Waals surface area contributed by atoms with E-state index >= 15 is 0 Å². The molecule has 0 aliphatic carbocycles. The molecule has 5 heterocycles. The van der Waals surface area contributed by atoms with Crippen LogP contribution >= 0.6 is 0 Å². The number of anilines is 2. The van der Waals surface area contributed by atoms with E-state index < -0.39 is 0 Å². The molecule has 0 aromatic carbocycles. The van der Waals surface area contributed by atoms with Gasteiger partial charge in [-0.25, -0.2) is 4.98 Å². The Hall–Kier alpha value is -4.06. The Morgan fingerprint density at radius 2 is 1.77 bits per heavy atom. The fraction of sp³-hybridized carbons (Fsp3) is 0.238. The van der Waals surface area contributed by atoms with Crippen LogP contribution in [-0.4, -0.2) is 56.0 Å². The SMILES string of the molecule is N#Cc1ncccc1N1CCCN(c2ccc3nnc(-c4cccnc4)n3n2)CC1. The molecule has 9 heteroatoms. The molecule has 1 aliphatic rings. The molecule has 0 radical (unpaired) electrons. The summed E-state index contributed by atoms with van der Waals surface area (Å²) in [6.45, 7) is 3.33. The lowest BCUT2D eigenvalue weighted by molar-refractivity contribution is 0.777. The Balaban J connectivity index is 1.42. The summed E-state index contributed by atoms with van der Waals surface area (Å²) < 4.78 is 1.77. The van der Waals surface area contributed by atoms with Crippen LogP contribution in [0.25, 0.3) is 17.0 Å². The van der Waals surface area contributed by atoms with Gasteiger partial charge in [-0.2, -0.15) is 9.78 Å². The van der Waals surface area contributed by atoms with Crippen molar-refractivity contribution in [3.05, 3.63) is 60.7 Å². The van der Waals surface area contributed by atoms with E-state index in [0.717, 1.165) is 49.7 Å². The van der Waals surface area contributed by atoms with Gasteiger partial charge in [-0.05, 0) is 42.8 Å². The van der Waals surface area contributed by atoms with E-state index in [1.54, 1.807) is 23.1 Å². The lowest BCUT2D eigenvalue weighted by Gasteiger charge is -2.24. The maximum Gasteiger partial charge on any atom is 0.187 e. The average molecular weight is 397 g/mol. The number of nitriles is 1. The molecule has 30 heavy (non-hydrogen) atoms. The molecule has 0 spiro atoms. The van der Waals surface area contributed by atoms with Gasteiger partial charge in [-0.15, -0.1) is 15.3 Å². The van der Waals surface area contributed by atoms with Crippen molar-refractivity contribution in [1.29, 1.82) is 5.26 Å². The highest BCUT2D eigenvalue weighted by Gasteiger charge is 2.20. The van der Waals surface area contributed by atoms with Gasteiger partial charge in [-0.1, -0.05) is 0 Å². The van der Waals surface area contributed by atoms with E-state index in [-0.39, 0.29) is 0 Å². The predicted molar refractivity (Wildman–Crippen MR) is 112 cm³/mol. The summed E-state index contributed by atoms with van der Waals surface area (Å²) in [5, 5.41) is 22.7. The van der Waals surface area contributed by atoms with Crippen molar-refractivity contribution in [3.63, 3.8) is 0 Å². The number of aromatic nitrogens is 6. The maximum absolute atomic E-state index is 9.37. The highest BCUT2D eigenvalue weighted by molar-refractivity contribution is 5.59. The fourth-order valence-electron chi connectivity index (χ4n) is 3.75. The molecule has 148 valence electrons. The van der Waals surface area contributed by atoms with Gasteiger partial charge >= 0.3 is 0 Å². The van der Waals surface area contributed by atoms with Gasteiger partial charge in [0, 0.05) is 50.3 Å². The lowest BCUT2D eigenvalue weighted by Crippen LogP contribution is -2.31. The number of fused-ring (bicyclic) bond motifs is 1. The van der Waals surface area contributed by atoms with Crippen LogP contribution in [0.1, 0.15) is 12.1 Å². The van der Waals surface area contributed by atoms with Gasteiger partial charge in [0.25, 0.3) is 0 Å². The summed E-state index contributed by atoms with van der Waals surface area (Å²) >= 11 is 0. The van der Waals surface area contributed by atoms with Crippen LogP contribution in [0.3, 0.4) is 0 Å². The quantitative estimate of drug-likeness (QED) is 0.519. The molecular weight excluding hydrogens is 378 g/mol. The first-order valence-electron chi connectivity index (χ1n) is 9.81. The van der Waals surface area contributed by atoms with E-state index in [4.69, 9.17) is 5.10 Å². The van der Waals surface area contributed by atoms with Gasteiger partial charge in [0.2, 0.25) is 0 Å². The summed E-state index contributed by atoms with van der Waals surface area (Å²) in [5.41, 5.74) is 2.93. The van der Waals surface area contributed by atoms with E-state index in [2.05, 4.69) is 36.0 Å². The Morgan fingerprint density at radius 1 is 0.900 bits per heavy atom. The first-order chi connectivity index (χ1) is 14.8. The van der Waals surface area contributed by atoms with E-state index in [9.17, 15) is 5.26 Å². The Labute approximate surface area is 173 Å². The molecule has 0 amide bonds. The minimum absolute atomic E-state index is 0.469. The first kappa shape index (κ1) is 18.0. The zero-order valence-electron chi connectivity index (χ0n) is 16.3. The third kappa shape index (κ3) is 3.28. The maximum atomic E-state index is 9.37. The van der Waals surface area contributed by atoms with Crippen molar-refractivity contribution in [3.8, 4) is 17.5 Å². The molecular formula is C21H19N9. The summed E-state index contributed by atoms with van der Waals surface area (Å²) in [6.07, 6.45) is 6.10. The van der Waals surface area contributed by atoms with E-state index in [1.807, 2.05) is 36.4 Å². The lowest BCUT2D eigenvalue weighted by atomic mass is 10.2. The molecule has 0 bridgehead atoms. The molecule has 0 unspecified atom stereocenters. The standard InChI is InChI=1S/C21H19N9/c22-14-17-18(5-2-9-24-17)28-10-3-11-29(13-12-28)20-7-6-19-25-26-21(30(19)27-20)16-4-1-8-23-15-16/h1-2,4-9,15H,3,10-13H2. The molecule has 4 aromatic heterocycles. The summed E-state index contributed by atoms with van der Waals surface area (Å²) in [4.78, 5) is 12.9. The highest BCUT2D eigenvalue weighted by atomic mass is 15.4. The van der Waals surface area contributed by atoms with Gasteiger partial charge in [0.05, 0.1) is 5.69 Å². The molecule has 4 aromatic rings. The Kier molecular flexibility index (Phi) is 4.65. The second-order valence-electron chi connectivity index (χ2n) is 7.04. The highest BCUT2D eigenvalue weighted by Crippen LogP contribution is 2.22. The van der Waals surface area contributed by atoms with Crippen molar-refractivity contribution in [2.24, 2.45) is 0 Å². The fourth-order valence-corrected chi connectivity index (χ4v) is 3.75. The van der Waals surface area contributed by atoms with Crippen LogP contribution in [0, 0.1) is 11.3 Å². The second kappa shape index (κ2) is 7.75. The van der Waals surface area contributed by atoms with Crippen molar-refractivity contribution in [2.45, 2.75) is 6.42 Å². The zero-order valence-corrected chi connectivity index (χ0v) is 16.3. The van der Waals surface area contributed by atoms with Crippen LogP contribution in [0.5, 0.6) is 0 Å². The van der Waals surface area contributed by atoms with Crippen LogP contribution in [0.2, 0.25) is 0 Å². The van der Waals surface area contributed by atoms with Gasteiger partial charge in [0.1, 0.15) is 11.9 Å². The third-order valence-electron chi connectivity index (χ3n) is 5.22. The molecule has 1 aliphatic heterocycles. The first-order valence-corrected chi connectivity index (χ1v) is 9.81. The summed E-state index contributed by atoms with van der Waals surface area (Å²) in [5.74, 6) is 1.55. The molecule has 1 fully saturated rings. The Bertz CT molecular complexity index is 1210. The van der Waals surface area contributed by atoms with Crippen LogP contribution in [0.15, 0.2) is 55.0 Å². The van der Waals surface area contributed by atoms with E-state index in [0.29, 0.717) is 17.2 Å². The molecule has 0 saturated carbocycles. The van der Waals surface area contributed by atoms with E-state index in [1.165, 1.54) is 0 Å². The minimum atomic E-state index is 0.469. The van der Waals surface area contributed by atoms with Crippen molar-refractivity contribution in [2.75, 3.05) is 36.0 Å². The smallest absolute Gasteiger partial charge is 0.187 e. The number of rotatable bonds is 3. The van der Waals surface area contributed by atoms with Gasteiger partial charge < -0.3 is 9.80 Å². The van der Waals surface area contributed by atoms with Crippen molar-refractivity contribution >= 4 is 17.2 Å². The van der Waals surface area contributed by atoms with Crippen LogP contribution < -0.4 is 9.80 Å². The van der Waals surface area contributed by atoms with Crippen molar-refractivity contribution < 1.29 is 0 Å². The predicted octanol–water partition coefficient (Wildman–Crippen LogP) is 2.17. The molecule has 9 nitrogen and oxygen atoms in total. The average Bonchev–Trinajstić information content (AvgIpc) is 3.08. The van der Waals surface area contributed by atoms with Crippen molar-refractivity contribution in [1.82, 2.24) is 29.8 Å². The normalized spacial score (nSPS) is 14.5. The largest absolute Gasteiger partial charge is 0.367 e. The molecule has 0 atom stereocenters. The number of hydrogen-bond acceptors (Lipinski definition) is 8. The second-order valence-corrected chi connectivity index (χ2v) is 7.04.